The number of thioether (sulfide) groups is 1. The van der Waals surface area contributed by atoms with Gasteiger partial charge in [-0.05, 0) is 38.5 Å². The summed E-state index contributed by atoms with van der Waals surface area (Å²) in [5, 5.41) is 12.1. The number of nitrogens with zero attached hydrogens (tertiary/aromatic N) is 2. The molecule has 1 fully saturated rings. The summed E-state index contributed by atoms with van der Waals surface area (Å²) in [6.45, 7) is 5.19. The third-order valence-corrected chi connectivity index (χ3v) is 4.10. The molecule has 1 aromatic rings. The van der Waals surface area contributed by atoms with E-state index in [1.807, 2.05) is 11.8 Å². The zero-order valence-electron chi connectivity index (χ0n) is 9.90. The molecule has 5 heteroatoms. The molecule has 1 N–H and O–H groups in total. The van der Waals surface area contributed by atoms with Gasteiger partial charge in [-0.25, -0.2) is 0 Å². The maximum atomic E-state index is 5.72. The quantitative estimate of drug-likeness (QED) is 0.859. The molecule has 0 radical (unpaired) electrons. The van der Waals surface area contributed by atoms with Crippen molar-refractivity contribution >= 4 is 11.8 Å². The lowest BCUT2D eigenvalue weighted by Crippen LogP contribution is -2.19. The lowest BCUT2D eigenvalue weighted by atomic mass is 10.2. The van der Waals surface area contributed by atoms with E-state index in [1.54, 1.807) is 0 Å². The van der Waals surface area contributed by atoms with Crippen LogP contribution >= 0.6 is 11.8 Å². The Labute approximate surface area is 101 Å². The van der Waals surface area contributed by atoms with Crippen LogP contribution in [0.5, 0.6) is 0 Å². The third kappa shape index (κ3) is 2.77. The second-order valence-electron chi connectivity index (χ2n) is 4.16. The number of hydrogen-bond acceptors (Lipinski definition) is 5. The lowest BCUT2D eigenvalue weighted by molar-refractivity contribution is 0.390. The summed E-state index contributed by atoms with van der Waals surface area (Å²) < 4.78 is 5.72. The number of hydrogen-bond donors (Lipinski definition) is 1. The van der Waals surface area contributed by atoms with Gasteiger partial charge in [0.2, 0.25) is 11.8 Å². The fourth-order valence-corrected chi connectivity index (χ4v) is 2.96. The second kappa shape index (κ2) is 5.68. The molecule has 0 saturated carbocycles. The first-order valence-electron chi connectivity index (χ1n) is 5.99. The Hall–Kier alpha value is -0.550. The van der Waals surface area contributed by atoms with Crippen LogP contribution in [0.25, 0.3) is 0 Å². The molecule has 16 heavy (non-hydrogen) atoms. The minimum atomic E-state index is 0.160. The van der Waals surface area contributed by atoms with Gasteiger partial charge in [0.15, 0.2) is 0 Å². The van der Waals surface area contributed by atoms with Crippen LogP contribution in [-0.2, 0) is 0 Å². The van der Waals surface area contributed by atoms with Gasteiger partial charge in [-0.3, -0.25) is 0 Å². The van der Waals surface area contributed by atoms with Crippen molar-refractivity contribution in [1.82, 2.24) is 15.5 Å². The maximum absolute atomic E-state index is 5.72. The van der Waals surface area contributed by atoms with Crippen molar-refractivity contribution in [2.45, 2.75) is 44.4 Å². The fraction of sp³-hybridized carbons (Fsp3) is 0.818. The monoisotopic (exact) mass is 241 g/mol. The van der Waals surface area contributed by atoms with E-state index in [0.29, 0.717) is 5.25 Å². The minimum absolute atomic E-state index is 0.160. The van der Waals surface area contributed by atoms with Gasteiger partial charge in [0.1, 0.15) is 0 Å². The molecule has 1 saturated heterocycles. The first-order chi connectivity index (χ1) is 7.81. The van der Waals surface area contributed by atoms with E-state index in [1.165, 1.54) is 18.6 Å². The highest BCUT2D eigenvalue weighted by Gasteiger charge is 2.24. The molecule has 1 aliphatic rings. The molecule has 2 rings (SSSR count). The van der Waals surface area contributed by atoms with E-state index < -0.39 is 0 Å². The van der Waals surface area contributed by atoms with Crippen LogP contribution in [0.2, 0.25) is 0 Å². The molecular formula is C11H19N3OS. The van der Waals surface area contributed by atoms with Gasteiger partial charge in [-0.15, -0.1) is 22.0 Å². The van der Waals surface area contributed by atoms with E-state index in [9.17, 15) is 0 Å². The van der Waals surface area contributed by atoms with E-state index in [0.717, 1.165) is 24.7 Å². The highest BCUT2D eigenvalue weighted by molar-refractivity contribution is 7.99. The predicted molar refractivity (Wildman–Crippen MR) is 65.4 cm³/mol. The van der Waals surface area contributed by atoms with Crippen molar-refractivity contribution in [2.75, 3.05) is 12.3 Å². The van der Waals surface area contributed by atoms with Crippen LogP contribution in [0.15, 0.2) is 4.42 Å². The molecule has 4 nitrogen and oxygen atoms in total. The van der Waals surface area contributed by atoms with Crippen molar-refractivity contribution in [3.05, 3.63) is 11.8 Å². The topological polar surface area (TPSA) is 51.0 Å². The SMILES string of the molecule is CCCNC(C)c1nnc(C2CCCS2)o1. The molecule has 2 heterocycles. The Morgan fingerprint density at radius 3 is 3.12 bits per heavy atom. The largest absolute Gasteiger partial charge is 0.422 e. The molecular weight excluding hydrogens is 222 g/mol. The van der Waals surface area contributed by atoms with Gasteiger partial charge >= 0.3 is 0 Å². The highest BCUT2D eigenvalue weighted by Crippen LogP contribution is 2.39. The van der Waals surface area contributed by atoms with Crippen LogP contribution in [0.4, 0.5) is 0 Å². The van der Waals surface area contributed by atoms with Crippen molar-refractivity contribution in [2.24, 2.45) is 0 Å². The smallest absolute Gasteiger partial charge is 0.233 e. The summed E-state index contributed by atoms with van der Waals surface area (Å²) >= 11 is 1.92. The summed E-state index contributed by atoms with van der Waals surface area (Å²) in [7, 11) is 0. The van der Waals surface area contributed by atoms with Gasteiger partial charge < -0.3 is 9.73 Å². The molecule has 0 amide bonds. The lowest BCUT2D eigenvalue weighted by Gasteiger charge is -2.07. The maximum Gasteiger partial charge on any atom is 0.233 e. The van der Waals surface area contributed by atoms with Crippen molar-refractivity contribution in [1.29, 1.82) is 0 Å². The first kappa shape index (κ1) is 11.9. The van der Waals surface area contributed by atoms with Gasteiger partial charge in [0, 0.05) is 0 Å². The normalized spacial score (nSPS) is 22.5. The number of rotatable bonds is 5. The van der Waals surface area contributed by atoms with Gasteiger partial charge in [0.05, 0.1) is 11.3 Å². The minimum Gasteiger partial charge on any atom is -0.422 e. The number of aromatic nitrogens is 2. The summed E-state index contributed by atoms with van der Waals surface area (Å²) in [5.41, 5.74) is 0. The van der Waals surface area contributed by atoms with E-state index in [2.05, 4.69) is 29.4 Å². The Morgan fingerprint density at radius 1 is 1.56 bits per heavy atom. The van der Waals surface area contributed by atoms with Crippen LogP contribution in [-0.4, -0.2) is 22.5 Å². The van der Waals surface area contributed by atoms with Crippen molar-refractivity contribution in [3.8, 4) is 0 Å². The first-order valence-corrected chi connectivity index (χ1v) is 7.04. The van der Waals surface area contributed by atoms with Crippen molar-refractivity contribution < 1.29 is 4.42 Å². The van der Waals surface area contributed by atoms with Crippen molar-refractivity contribution in [3.63, 3.8) is 0 Å². The Balaban J connectivity index is 1.95. The zero-order chi connectivity index (χ0) is 11.4. The van der Waals surface area contributed by atoms with E-state index >= 15 is 0 Å². The fourth-order valence-electron chi connectivity index (χ4n) is 1.77. The summed E-state index contributed by atoms with van der Waals surface area (Å²) in [4.78, 5) is 0. The van der Waals surface area contributed by atoms with E-state index in [-0.39, 0.29) is 6.04 Å². The Kier molecular flexibility index (Phi) is 4.23. The van der Waals surface area contributed by atoms with Gasteiger partial charge in [-0.2, -0.15) is 0 Å². The van der Waals surface area contributed by atoms with E-state index in [4.69, 9.17) is 4.42 Å². The number of nitrogens with one attached hydrogen (secondary N) is 1. The average molecular weight is 241 g/mol. The molecule has 2 atom stereocenters. The Morgan fingerprint density at radius 2 is 2.44 bits per heavy atom. The van der Waals surface area contributed by atoms with Crippen LogP contribution in [0, 0.1) is 0 Å². The Bertz CT molecular complexity index is 323. The summed E-state index contributed by atoms with van der Waals surface area (Å²) in [6, 6.07) is 0.160. The van der Waals surface area contributed by atoms with Crippen LogP contribution in [0.3, 0.4) is 0 Å². The molecule has 0 aliphatic carbocycles. The predicted octanol–water partition coefficient (Wildman–Crippen LogP) is 2.70. The summed E-state index contributed by atoms with van der Waals surface area (Å²) in [6.07, 6.45) is 3.55. The zero-order valence-corrected chi connectivity index (χ0v) is 10.7. The molecule has 90 valence electrons. The average Bonchev–Trinajstić information content (AvgIpc) is 2.94. The molecule has 0 aromatic carbocycles. The molecule has 1 aromatic heterocycles. The molecule has 0 spiro atoms. The van der Waals surface area contributed by atoms with Crippen LogP contribution < -0.4 is 5.32 Å². The standard InChI is InChI=1S/C11H19N3OS/c1-3-6-12-8(2)10-13-14-11(15-10)9-5-4-7-16-9/h8-9,12H,3-7H2,1-2H3. The molecule has 1 aliphatic heterocycles. The van der Waals surface area contributed by atoms with Crippen LogP contribution in [0.1, 0.15) is 56.2 Å². The summed E-state index contributed by atoms with van der Waals surface area (Å²) in [5.74, 6) is 2.74. The van der Waals surface area contributed by atoms with Gasteiger partial charge in [-0.1, -0.05) is 6.92 Å². The highest BCUT2D eigenvalue weighted by atomic mass is 32.2. The second-order valence-corrected chi connectivity index (χ2v) is 5.47. The molecule has 0 bridgehead atoms. The van der Waals surface area contributed by atoms with Gasteiger partial charge in [0.25, 0.3) is 0 Å². The molecule has 2 unspecified atom stereocenters. The third-order valence-electron chi connectivity index (χ3n) is 2.73.